The first-order valence-corrected chi connectivity index (χ1v) is 10.8. The van der Waals surface area contributed by atoms with E-state index in [9.17, 15) is 14.4 Å². The lowest BCUT2D eigenvalue weighted by Gasteiger charge is -2.36. The van der Waals surface area contributed by atoms with Gasteiger partial charge in [0.05, 0.1) is 6.54 Å². The summed E-state index contributed by atoms with van der Waals surface area (Å²) in [4.78, 5) is 41.5. The Morgan fingerprint density at radius 3 is 2.57 bits per heavy atom. The highest BCUT2D eigenvalue weighted by Crippen LogP contribution is 2.27. The Balaban J connectivity index is 1.75. The Morgan fingerprint density at radius 1 is 1.17 bits per heavy atom. The number of likely N-dealkylation sites (tertiary alicyclic amines) is 1. The fourth-order valence-corrected chi connectivity index (χ4v) is 4.13. The van der Waals surface area contributed by atoms with Crippen molar-refractivity contribution in [3.63, 3.8) is 0 Å². The summed E-state index contributed by atoms with van der Waals surface area (Å²) in [5.74, 6) is -0.570. The van der Waals surface area contributed by atoms with Crippen LogP contribution in [0.4, 0.5) is 5.69 Å². The molecule has 1 aliphatic rings. The molecule has 2 aromatic rings. The Morgan fingerprint density at radius 2 is 1.90 bits per heavy atom. The number of carbonyl (C=O) groups excluding carboxylic acids is 3. The summed E-state index contributed by atoms with van der Waals surface area (Å²) in [6, 6.07) is 14.2. The van der Waals surface area contributed by atoms with Crippen LogP contribution in [0.3, 0.4) is 0 Å². The van der Waals surface area contributed by atoms with Crippen LogP contribution in [0.15, 0.2) is 53.0 Å². The molecule has 0 aliphatic carbocycles. The van der Waals surface area contributed by atoms with E-state index in [-0.39, 0.29) is 24.3 Å². The third-order valence-electron chi connectivity index (χ3n) is 5.24. The second-order valence-corrected chi connectivity index (χ2v) is 8.47. The molecule has 158 valence electrons. The van der Waals surface area contributed by atoms with Gasteiger partial charge in [-0.1, -0.05) is 46.3 Å². The van der Waals surface area contributed by atoms with Crippen molar-refractivity contribution in [3.8, 4) is 0 Å². The van der Waals surface area contributed by atoms with Crippen molar-refractivity contribution in [1.82, 2.24) is 9.80 Å². The second kappa shape index (κ2) is 9.89. The van der Waals surface area contributed by atoms with E-state index in [1.54, 1.807) is 11.9 Å². The summed E-state index contributed by atoms with van der Waals surface area (Å²) in [5, 5.41) is 2.86. The molecule has 1 atom stereocenters. The molecule has 1 unspecified atom stereocenters. The number of rotatable bonds is 6. The summed E-state index contributed by atoms with van der Waals surface area (Å²) in [6.07, 6.45) is 2.16. The van der Waals surface area contributed by atoms with E-state index < -0.39 is 6.04 Å². The van der Waals surface area contributed by atoms with Crippen molar-refractivity contribution in [2.75, 3.05) is 25.5 Å². The summed E-state index contributed by atoms with van der Waals surface area (Å²) in [7, 11) is 1.60. The highest BCUT2D eigenvalue weighted by Gasteiger charge is 2.34. The van der Waals surface area contributed by atoms with Crippen molar-refractivity contribution in [3.05, 3.63) is 64.1 Å². The predicted octanol–water partition coefficient (Wildman–Crippen LogP) is 3.91. The van der Waals surface area contributed by atoms with E-state index in [2.05, 4.69) is 21.2 Å². The molecule has 30 heavy (non-hydrogen) atoms. The number of hydrogen-bond acceptors (Lipinski definition) is 3. The molecule has 1 saturated heterocycles. The number of amides is 3. The molecule has 0 saturated carbocycles. The van der Waals surface area contributed by atoms with Gasteiger partial charge in [-0.25, -0.2) is 0 Å². The fraction of sp³-hybridized carbons (Fsp3) is 0.348. The summed E-state index contributed by atoms with van der Waals surface area (Å²) < 4.78 is 0.933. The van der Waals surface area contributed by atoms with Crippen LogP contribution >= 0.6 is 15.9 Å². The molecule has 0 spiro atoms. The van der Waals surface area contributed by atoms with Gasteiger partial charge in [0.15, 0.2) is 0 Å². The lowest BCUT2D eigenvalue weighted by molar-refractivity contribution is -0.147. The van der Waals surface area contributed by atoms with Crippen molar-refractivity contribution in [2.24, 2.45) is 0 Å². The number of piperidine rings is 1. The second-order valence-electron chi connectivity index (χ2n) is 7.56. The van der Waals surface area contributed by atoms with Crippen LogP contribution in [0.25, 0.3) is 0 Å². The quantitative estimate of drug-likeness (QED) is 0.693. The Kier molecular flexibility index (Phi) is 7.26. The molecule has 1 N–H and O–H groups in total. The largest absolute Gasteiger partial charge is 0.334 e. The minimum Gasteiger partial charge on any atom is -0.334 e. The van der Waals surface area contributed by atoms with Gasteiger partial charge in [0.1, 0.15) is 6.04 Å². The van der Waals surface area contributed by atoms with Gasteiger partial charge < -0.3 is 15.1 Å². The van der Waals surface area contributed by atoms with Gasteiger partial charge in [0, 0.05) is 30.2 Å². The van der Waals surface area contributed by atoms with Crippen LogP contribution in [-0.4, -0.2) is 47.7 Å². The lowest BCUT2D eigenvalue weighted by atomic mass is 10.00. The standard InChI is InChI=1S/C23H26BrN3O3/c1-16-14-18(24)11-12-19(16)25-20(28)15-26(2)23(30)22(17-8-4-3-5-9-17)27-13-7-6-10-21(27)29/h3-5,8-9,11-12,14,22H,6-7,10,13,15H2,1-2H3,(H,25,28). The van der Waals surface area contributed by atoms with Gasteiger partial charge in [-0.3, -0.25) is 14.4 Å². The maximum absolute atomic E-state index is 13.3. The molecule has 1 fully saturated rings. The molecule has 0 radical (unpaired) electrons. The van der Waals surface area contributed by atoms with E-state index in [4.69, 9.17) is 0 Å². The number of aryl methyl sites for hydroxylation is 1. The van der Waals surface area contributed by atoms with Crippen LogP contribution in [0.2, 0.25) is 0 Å². The molecule has 0 aromatic heterocycles. The zero-order chi connectivity index (χ0) is 21.7. The number of hydrogen-bond donors (Lipinski definition) is 1. The summed E-state index contributed by atoms with van der Waals surface area (Å²) in [5.41, 5.74) is 2.39. The number of carbonyl (C=O) groups is 3. The third-order valence-corrected chi connectivity index (χ3v) is 5.73. The van der Waals surface area contributed by atoms with Crippen molar-refractivity contribution in [1.29, 1.82) is 0 Å². The Hall–Kier alpha value is -2.67. The highest BCUT2D eigenvalue weighted by molar-refractivity contribution is 9.10. The topological polar surface area (TPSA) is 69.7 Å². The van der Waals surface area contributed by atoms with Crippen LogP contribution < -0.4 is 5.32 Å². The molecule has 7 heteroatoms. The first kappa shape index (κ1) is 22.0. The van der Waals surface area contributed by atoms with Gasteiger partial charge in [-0.05, 0) is 49.1 Å². The Bertz CT molecular complexity index is 933. The summed E-state index contributed by atoms with van der Waals surface area (Å²) >= 11 is 3.40. The maximum atomic E-state index is 13.3. The molecular formula is C23H26BrN3O3. The van der Waals surface area contributed by atoms with E-state index in [1.807, 2.05) is 55.5 Å². The Labute approximate surface area is 185 Å². The number of likely N-dealkylation sites (N-methyl/N-ethyl adjacent to an activating group) is 1. The predicted molar refractivity (Wildman–Crippen MR) is 120 cm³/mol. The molecule has 3 amide bonds. The van der Waals surface area contributed by atoms with Crippen LogP contribution in [-0.2, 0) is 14.4 Å². The molecule has 1 aliphatic heterocycles. The van der Waals surface area contributed by atoms with Crippen LogP contribution in [0, 0.1) is 6.92 Å². The first-order chi connectivity index (χ1) is 14.4. The van der Waals surface area contributed by atoms with Crippen LogP contribution in [0.1, 0.15) is 36.4 Å². The average Bonchev–Trinajstić information content (AvgIpc) is 2.72. The van der Waals surface area contributed by atoms with E-state index in [1.165, 1.54) is 4.90 Å². The smallest absolute Gasteiger partial charge is 0.250 e. The number of benzene rings is 2. The molecule has 2 aromatic carbocycles. The minimum atomic E-state index is -0.716. The number of nitrogens with one attached hydrogen (secondary N) is 1. The van der Waals surface area contributed by atoms with E-state index >= 15 is 0 Å². The van der Waals surface area contributed by atoms with Crippen LogP contribution in [0.5, 0.6) is 0 Å². The number of anilines is 1. The molecule has 0 bridgehead atoms. The van der Waals surface area contributed by atoms with Gasteiger partial charge in [0.25, 0.3) is 0 Å². The monoisotopic (exact) mass is 471 g/mol. The van der Waals surface area contributed by atoms with Crippen molar-refractivity contribution < 1.29 is 14.4 Å². The van der Waals surface area contributed by atoms with Gasteiger partial charge in [0.2, 0.25) is 17.7 Å². The zero-order valence-electron chi connectivity index (χ0n) is 17.2. The van der Waals surface area contributed by atoms with E-state index in [0.29, 0.717) is 18.7 Å². The van der Waals surface area contributed by atoms with Gasteiger partial charge >= 0.3 is 0 Å². The number of nitrogens with zero attached hydrogens (tertiary/aromatic N) is 2. The fourth-order valence-electron chi connectivity index (χ4n) is 3.65. The SMILES string of the molecule is Cc1cc(Br)ccc1NC(=O)CN(C)C(=O)C(c1ccccc1)N1CCCCC1=O. The normalized spacial score (nSPS) is 14.9. The van der Waals surface area contributed by atoms with Crippen molar-refractivity contribution in [2.45, 2.75) is 32.2 Å². The molecular weight excluding hydrogens is 446 g/mol. The van der Waals surface area contributed by atoms with Crippen molar-refractivity contribution >= 4 is 39.3 Å². The lowest BCUT2D eigenvalue weighted by Crippen LogP contribution is -2.47. The van der Waals surface area contributed by atoms with Gasteiger partial charge in [-0.2, -0.15) is 0 Å². The average molecular weight is 472 g/mol. The maximum Gasteiger partial charge on any atom is 0.250 e. The van der Waals surface area contributed by atoms with E-state index in [0.717, 1.165) is 28.4 Å². The molecule has 1 heterocycles. The zero-order valence-corrected chi connectivity index (χ0v) is 18.8. The molecule has 3 rings (SSSR count). The first-order valence-electron chi connectivity index (χ1n) is 10.0. The highest BCUT2D eigenvalue weighted by atomic mass is 79.9. The minimum absolute atomic E-state index is 0.0215. The number of halogens is 1. The molecule has 6 nitrogen and oxygen atoms in total. The third kappa shape index (κ3) is 5.27. The summed E-state index contributed by atoms with van der Waals surface area (Å²) in [6.45, 7) is 2.35. The van der Waals surface area contributed by atoms with Gasteiger partial charge in [-0.15, -0.1) is 0 Å².